The molecule has 0 spiro atoms. The molecule has 0 unspecified atom stereocenters. The zero-order chi connectivity index (χ0) is 20.5. The molecule has 0 radical (unpaired) electrons. The molecule has 2 heterocycles. The Balaban J connectivity index is 1.40. The molecular weight excluding hydrogens is 362 g/mol. The van der Waals surface area contributed by atoms with E-state index < -0.39 is 0 Å². The van der Waals surface area contributed by atoms with E-state index in [1.165, 1.54) is 16.0 Å². The third-order valence-electron chi connectivity index (χ3n) is 6.05. The zero-order valence-electron chi connectivity index (χ0n) is 17.5. The average molecular weight is 392 g/mol. The van der Waals surface area contributed by atoms with E-state index in [4.69, 9.17) is 0 Å². The smallest absolute Gasteiger partial charge is 0.251 e. The van der Waals surface area contributed by atoms with Crippen LogP contribution in [-0.2, 0) is 16.1 Å². The number of carbonyl (C=O) groups excluding carboxylic acids is 2. The molecule has 2 aromatic carbocycles. The highest BCUT2D eigenvalue weighted by Gasteiger charge is 2.43. The van der Waals surface area contributed by atoms with Crippen molar-refractivity contribution in [3.05, 3.63) is 64.7 Å². The summed E-state index contributed by atoms with van der Waals surface area (Å²) in [5, 5.41) is 0. The van der Waals surface area contributed by atoms with Gasteiger partial charge < -0.3 is 0 Å². The van der Waals surface area contributed by atoms with Gasteiger partial charge in [0.15, 0.2) is 0 Å². The standard InChI is InChI=1S/C24H29N3O2/c1-17-5-4-6-20(14-17)16-25-9-11-26(12-10-25)22-15-23(28)27(24(22)29)21-8-7-18(2)13-19(21)3/h4-8,13-14,22H,9-12,15-16H2,1-3H3/t22-/m0/s1. The Morgan fingerprint density at radius 1 is 0.897 bits per heavy atom. The van der Waals surface area contributed by atoms with Gasteiger partial charge in [0, 0.05) is 32.7 Å². The summed E-state index contributed by atoms with van der Waals surface area (Å²) in [5.41, 5.74) is 5.43. The lowest BCUT2D eigenvalue weighted by Crippen LogP contribution is -2.52. The lowest BCUT2D eigenvalue weighted by Gasteiger charge is -2.37. The molecule has 2 aliphatic heterocycles. The Hall–Kier alpha value is -2.50. The molecule has 2 amide bonds. The van der Waals surface area contributed by atoms with Crippen molar-refractivity contribution in [2.75, 3.05) is 31.1 Å². The van der Waals surface area contributed by atoms with Crippen LogP contribution < -0.4 is 4.90 Å². The number of hydrogen-bond donors (Lipinski definition) is 0. The van der Waals surface area contributed by atoms with E-state index in [0.29, 0.717) is 0 Å². The van der Waals surface area contributed by atoms with Crippen LogP contribution in [0.25, 0.3) is 0 Å². The van der Waals surface area contributed by atoms with Crippen molar-refractivity contribution in [1.29, 1.82) is 0 Å². The van der Waals surface area contributed by atoms with Gasteiger partial charge in [0.2, 0.25) is 5.91 Å². The molecular formula is C24H29N3O2. The van der Waals surface area contributed by atoms with E-state index in [-0.39, 0.29) is 24.3 Å². The van der Waals surface area contributed by atoms with Gasteiger partial charge in [0.25, 0.3) is 5.91 Å². The SMILES string of the molecule is Cc1cccc(CN2CCN([C@H]3CC(=O)N(c4ccc(C)cc4C)C3=O)CC2)c1. The van der Waals surface area contributed by atoms with Crippen LogP contribution in [0, 0.1) is 20.8 Å². The molecule has 0 bridgehead atoms. The molecule has 2 aromatic rings. The first kappa shape index (κ1) is 19.8. The van der Waals surface area contributed by atoms with Crippen LogP contribution in [-0.4, -0.2) is 53.8 Å². The summed E-state index contributed by atoms with van der Waals surface area (Å²) < 4.78 is 0. The van der Waals surface area contributed by atoms with E-state index in [9.17, 15) is 9.59 Å². The second kappa shape index (κ2) is 8.09. The summed E-state index contributed by atoms with van der Waals surface area (Å²) in [6.07, 6.45) is 0.282. The van der Waals surface area contributed by atoms with Gasteiger partial charge in [-0.15, -0.1) is 0 Å². The van der Waals surface area contributed by atoms with Crippen LogP contribution >= 0.6 is 0 Å². The van der Waals surface area contributed by atoms with Gasteiger partial charge in [0.1, 0.15) is 0 Å². The van der Waals surface area contributed by atoms with Crippen LogP contribution in [0.5, 0.6) is 0 Å². The van der Waals surface area contributed by atoms with Gasteiger partial charge in [-0.25, -0.2) is 4.90 Å². The number of imide groups is 1. The van der Waals surface area contributed by atoms with Crippen LogP contribution in [0.4, 0.5) is 5.69 Å². The Morgan fingerprint density at radius 3 is 2.31 bits per heavy atom. The first-order chi connectivity index (χ1) is 13.9. The molecule has 0 N–H and O–H groups in total. The minimum Gasteiger partial charge on any atom is -0.297 e. The second-order valence-electron chi connectivity index (χ2n) is 8.38. The number of amides is 2. The van der Waals surface area contributed by atoms with Crippen LogP contribution in [0.2, 0.25) is 0 Å². The fourth-order valence-corrected chi connectivity index (χ4v) is 4.51. The Labute approximate surface area is 172 Å². The predicted octanol–water partition coefficient (Wildman–Crippen LogP) is 3.06. The van der Waals surface area contributed by atoms with Gasteiger partial charge >= 0.3 is 0 Å². The Kier molecular flexibility index (Phi) is 5.52. The summed E-state index contributed by atoms with van der Waals surface area (Å²) in [6.45, 7) is 10.5. The van der Waals surface area contributed by atoms with Crippen molar-refractivity contribution in [3.8, 4) is 0 Å². The molecule has 5 heteroatoms. The molecule has 0 aliphatic carbocycles. The first-order valence-electron chi connectivity index (χ1n) is 10.4. The first-order valence-corrected chi connectivity index (χ1v) is 10.4. The van der Waals surface area contributed by atoms with Crippen molar-refractivity contribution >= 4 is 17.5 Å². The van der Waals surface area contributed by atoms with Crippen molar-refractivity contribution in [2.24, 2.45) is 0 Å². The highest BCUT2D eigenvalue weighted by Crippen LogP contribution is 2.29. The molecule has 0 aromatic heterocycles. The summed E-state index contributed by atoms with van der Waals surface area (Å²) in [7, 11) is 0. The third kappa shape index (κ3) is 4.11. The third-order valence-corrected chi connectivity index (χ3v) is 6.05. The Morgan fingerprint density at radius 2 is 1.62 bits per heavy atom. The van der Waals surface area contributed by atoms with Crippen LogP contribution in [0.1, 0.15) is 28.7 Å². The maximum atomic E-state index is 13.1. The molecule has 4 rings (SSSR count). The fraction of sp³-hybridized carbons (Fsp3) is 0.417. The lowest BCUT2D eigenvalue weighted by molar-refractivity contribution is -0.123. The topological polar surface area (TPSA) is 43.9 Å². The minimum absolute atomic E-state index is 0.0749. The van der Waals surface area contributed by atoms with Gasteiger partial charge in [-0.3, -0.25) is 19.4 Å². The van der Waals surface area contributed by atoms with Gasteiger partial charge in [-0.2, -0.15) is 0 Å². The van der Waals surface area contributed by atoms with Crippen molar-refractivity contribution in [1.82, 2.24) is 9.80 Å². The van der Waals surface area contributed by atoms with E-state index in [2.05, 4.69) is 41.0 Å². The molecule has 29 heavy (non-hydrogen) atoms. The minimum atomic E-state index is -0.329. The number of aryl methyl sites for hydroxylation is 3. The quantitative estimate of drug-likeness (QED) is 0.752. The molecule has 2 fully saturated rings. The number of hydrogen-bond acceptors (Lipinski definition) is 4. The van der Waals surface area contributed by atoms with E-state index >= 15 is 0 Å². The number of anilines is 1. The predicted molar refractivity (Wildman–Crippen MR) is 115 cm³/mol. The zero-order valence-corrected chi connectivity index (χ0v) is 17.5. The van der Waals surface area contributed by atoms with Crippen molar-refractivity contribution in [2.45, 2.75) is 39.8 Å². The molecule has 2 aliphatic rings. The molecule has 1 atom stereocenters. The molecule has 2 saturated heterocycles. The number of benzene rings is 2. The maximum absolute atomic E-state index is 13.1. The van der Waals surface area contributed by atoms with E-state index in [0.717, 1.165) is 49.5 Å². The van der Waals surface area contributed by atoms with Crippen molar-refractivity contribution in [3.63, 3.8) is 0 Å². The normalized spacial score (nSPS) is 21.2. The average Bonchev–Trinajstić information content (AvgIpc) is 2.97. The largest absolute Gasteiger partial charge is 0.297 e. The van der Waals surface area contributed by atoms with Gasteiger partial charge in [-0.05, 0) is 38.0 Å². The fourth-order valence-electron chi connectivity index (χ4n) is 4.51. The number of nitrogens with zero attached hydrogens (tertiary/aromatic N) is 3. The number of carbonyl (C=O) groups is 2. The summed E-state index contributed by atoms with van der Waals surface area (Å²) >= 11 is 0. The van der Waals surface area contributed by atoms with E-state index in [1.54, 1.807) is 0 Å². The maximum Gasteiger partial charge on any atom is 0.251 e. The molecule has 0 saturated carbocycles. The molecule has 5 nitrogen and oxygen atoms in total. The molecule has 152 valence electrons. The highest BCUT2D eigenvalue weighted by atomic mass is 16.2. The van der Waals surface area contributed by atoms with E-state index in [1.807, 2.05) is 32.0 Å². The van der Waals surface area contributed by atoms with Crippen molar-refractivity contribution < 1.29 is 9.59 Å². The highest BCUT2D eigenvalue weighted by molar-refractivity contribution is 6.22. The summed E-state index contributed by atoms with van der Waals surface area (Å²) in [6, 6.07) is 14.2. The van der Waals surface area contributed by atoms with Crippen LogP contribution in [0.3, 0.4) is 0 Å². The number of rotatable bonds is 4. The van der Waals surface area contributed by atoms with Crippen LogP contribution in [0.15, 0.2) is 42.5 Å². The summed E-state index contributed by atoms with van der Waals surface area (Å²) in [4.78, 5) is 31.8. The monoisotopic (exact) mass is 391 g/mol. The van der Waals surface area contributed by atoms with Gasteiger partial charge in [0.05, 0.1) is 18.2 Å². The Bertz CT molecular complexity index is 931. The van der Waals surface area contributed by atoms with Gasteiger partial charge in [-0.1, -0.05) is 47.5 Å². The second-order valence-corrected chi connectivity index (χ2v) is 8.38. The number of piperazine rings is 1. The lowest BCUT2D eigenvalue weighted by atomic mass is 10.1. The summed E-state index contributed by atoms with van der Waals surface area (Å²) in [5.74, 6) is -0.164.